The second-order valence-corrected chi connectivity index (χ2v) is 7.87. The molecule has 3 unspecified atom stereocenters. The van der Waals surface area contributed by atoms with Crippen molar-refractivity contribution in [3.05, 3.63) is 0 Å². The molecule has 118 valence electrons. The lowest BCUT2D eigenvalue weighted by Gasteiger charge is -2.45. The average molecular weight is 281 g/mol. The van der Waals surface area contributed by atoms with E-state index >= 15 is 0 Å². The van der Waals surface area contributed by atoms with Gasteiger partial charge in [-0.1, -0.05) is 34.6 Å². The zero-order valence-corrected chi connectivity index (χ0v) is 14.4. The van der Waals surface area contributed by atoms with Crippen LogP contribution in [0.15, 0.2) is 0 Å². The predicted molar refractivity (Wildman–Crippen MR) is 88.0 cm³/mol. The van der Waals surface area contributed by atoms with E-state index in [4.69, 9.17) is 0 Å². The summed E-state index contributed by atoms with van der Waals surface area (Å²) in [6.45, 7) is 14.3. The lowest BCUT2D eigenvalue weighted by atomic mass is 9.76. The second kappa shape index (κ2) is 7.26. The number of nitrogens with one attached hydrogen (secondary N) is 1. The summed E-state index contributed by atoms with van der Waals surface area (Å²) in [5, 5.41) is 3.79. The summed E-state index contributed by atoms with van der Waals surface area (Å²) in [7, 11) is 0. The topological polar surface area (TPSA) is 15.3 Å². The molecule has 20 heavy (non-hydrogen) atoms. The molecular weight excluding hydrogens is 244 g/mol. The largest absolute Gasteiger partial charge is 0.313 e. The molecular formula is C18H36N2. The molecule has 0 aromatic carbocycles. The van der Waals surface area contributed by atoms with Crippen LogP contribution in [-0.2, 0) is 0 Å². The van der Waals surface area contributed by atoms with Gasteiger partial charge >= 0.3 is 0 Å². The van der Waals surface area contributed by atoms with Gasteiger partial charge in [0.05, 0.1) is 0 Å². The van der Waals surface area contributed by atoms with E-state index in [9.17, 15) is 0 Å². The summed E-state index contributed by atoms with van der Waals surface area (Å²) in [6.07, 6.45) is 7.09. The van der Waals surface area contributed by atoms with Gasteiger partial charge < -0.3 is 5.32 Å². The molecule has 0 amide bonds. The SMILES string of the molecule is CCNC1CCC(C(C)C)CC1N(CC(C)C)C1CC1. The van der Waals surface area contributed by atoms with Gasteiger partial charge in [0, 0.05) is 24.7 Å². The average Bonchev–Trinajstić information content (AvgIpc) is 3.20. The molecule has 0 aromatic rings. The summed E-state index contributed by atoms with van der Waals surface area (Å²) < 4.78 is 0. The highest BCUT2D eigenvalue weighted by Gasteiger charge is 2.40. The standard InChI is InChI=1S/C18H36N2/c1-6-19-17-10-7-15(14(4)5)11-18(17)20(12-13(2)3)16-8-9-16/h13-19H,6-12H2,1-5H3. The minimum Gasteiger partial charge on any atom is -0.313 e. The van der Waals surface area contributed by atoms with Crippen LogP contribution >= 0.6 is 0 Å². The van der Waals surface area contributed by atoms with Gasteiger partial charge in [-0.2, -0.15) is 0 Å². The van der Waals surface area contributed by atoms with Crippen molar-refractivity contribution in [3.8, 4) is 0 Å². The van der Waals surface area contributed by atoms with Crippen molar-refractivity contribution in [3.63, 3.8) is 0 Å². The molecule has 0 bridgehead atoms. The third-order valence-corrected chi connectivity index (χ3v) is 5.28. The third-order valence-electron chi connectivity index (χ3n) is 5.28. The summed E-state index contributed by atoms with van der Waals surface area (Å²) >= 11 is 0. The number of nitrogens with zero attached hydrogens (tertiary/aromatic N) is 1. The maximum atomic E-state index is 3.79. The van der Waals surface area contributed by atoms with Crippen molar-refractivity contribution in [2.45, 2.75) is 84.8 Å². The molecule has 2 fully saturated rings. The number of likely N-dealkylation sites (N-methyl/N-ethyl adjacent to an activating group) is 1. The van der Waals surface area contributed by atoms with Gasteiger partial charge in [0.25, 0.3) is 0 Å². The van der Waals surface area contributed by atoms with E-state index < -0.39 is 0 Å². The normalized spacial score (nSPS) is 31.5. The smallest absolute Gasteiger partial charge is 0.0255 e. The second-order valence-electron chi connectivity index (χ2n) is 7.87. The minimum absolute atomic E-state index is 0.731. The van der Waals surface area contributed by atoms with Crippen molar-refractivity contribution >= 4 is 0 Å². The monoisotopic (exact) mass is 280 g/mol. The third kappa shape index (κ3) is 4.21. The van der Waals surface area contributed by atoms with Crippen LogP contribution in [0.25, 0.3) is 0 Å². The van der Waals surface area contributed by atoms with Gasteiger partial charge in [0.15, 0.2) is 0 Å². The van der Waals surface area contributed by atoms with Crippen LogP contribution in [0.3, 0.4) is 0 Å². The zero-order chi connectivity index (χ0) is 14.7. The molecule has 2 heteroatoms. The van der Waals surface area contributed by atoms with Crippen LogP contribution in [0.4, 0.5) is 0 Å². The van der Waals surface area contributed by atoms with Gasteiger partial charge in [-0.25, -0.2) is 0 Å². The molecule has 2 aliphatic carbocycles. The highest BCUT2D eigenvalue weighted by Crippen LogP contribution is 2.38. The fourth-order valence-corrected chi connectivity index (χ4v) is 4.03. The Balaban J connectivity index is 2.07. The van der Waals surface area contributed by atoms with Crippen LogP contribution in [-0.4, -0.2) is 36.1 Å². The maximum Gasteiger partial charge on any atom is 0.0255 e. The lowest BCUT2D eigenvalue weighted by Crippen LogP contribution is -2.55. The zero-order valence-electron chi connectivity index (χ0n) is 14.4. The molecule has 0 heterocycles. The Bertz CT molecular complexity index is 283. The Morgan fingerprint density at radius 3 is 2.25 bits per heavy atom. The number of hydrogen-bond acceptors (Lipinski definition) is 2. The fourth-order valence-electron chi connectivity index (χ4n) is 4.03. The van der Waals surface area contributed by atoms with Gasteiger partial charge in [0.2, 0.25) is 0 Å². The Hall–Kier alpha value is -0.0800. The molecule has 0 saturated heterocycles. The summed E-state index contributed by atoms with van der Waals surface area (Å²) in [4.78, 5) is 2.88. The van der Waals surface area contributed by atoms with E-state index in [0.717, 1.165) is 42.4 Å². The van der Waals surface area contributed by atoms with Crippen molar-refractivity contribution in [1.29, 1.82) is 0 Å². The predicted octanol–water partition coefficient (Wildman–Crippen LogP) is 3.91. The molecule has 0 radical (unpaired) electrons. The molecule has 0 aliphatic heterocycles. The minimum atomic E-state index is 0.731. The lowest BCUT2D eigenvalue weighted by molar-refractivity contribution is 0.0682. The van der Waals surface area contributed by atoms with E-state index in [0.29, 0.717) is 0 Å². The quantitative estimate of drug-likeness (QED) is 0.760. The van der Waals surface area contributed by atoms with Crippen LogP contribution in [0.1, 0.15) is 66.7 Å². The number of hydrogen-bond donors (Lipinski definition) is 1. The number of rotatable bonds is 7. The van der Waals surface area contributed by atoms with E-state index in [-0.39, 0.29) is 0 Å². The van der Waals surface area contributed by atoms with Crippen molar-refractivity contribution in [1.82, 2.24) is 10.2 Å². The van der Waals surface area contributed by atoms with Gasteiger partial charge in [-0.3, -0.25) is 4.90 Å². The highest BCUT2D eigenvalue weighted by atomic mass is 15.2. The van der Waals surface area contributed by atoms with Crippen molar-refractivity contribution in [2.75, 3.05) is 13.1 Å². The van der Waals surface area contributed by atoms with Crippen LogP contribution < -0.4 is 5.32 Å². The molecule has 2 nitrogen and oxygen atoms in total. The van der Waals surface area contributed by atoms with Crippen molar-refractivity contribution < 1.29 is 0 Å². The first-order valence-electron chi connectivity index (χ1n) is 9.02. The molecule has 2 rings (SSSR count). The van der Waals surface area contributed by atoms with Crippen LogP contribution in [0.2, 0.25) is 0 Å². The molecule has 1 N–H and O–H groups in total. The maximum absolute atomic E-state index is 3.79. The van der Waals surface area contributed by atoms with E-state index in [2.05, 4.69) is 44.8 Å². The van der Waals surface area contributed by atoms with Gasteiger partial charge in [0.1, 0.15) is 0 Å². The molecule has 2 saturated carbocycles. The van der Waals surface area contributed by atoms with Crippen molar-refractivity contribution in [2.24, 2.45) is 17.8 Å². The van der Waals surface area contributed by atoms with E-state index in [1.165, 1.54) is 38.6 Å². The Labute approximate surface area is 126 Å². The van der Waals surface area contributed by atoms with E-state index in [1.807, 2.05) is 0 Å². The Kier molecular flexibility index (Phi) is 5.92. The Morgan fingerprint density at radius 1 is 1.05 bits per heavy atom. The highest BCUT2D eigenvalue weighted by molar-refractivity contribution is 4.97. The first-order valence-corrected chi connectivity index (χ1v) is 9.02. The molecule has 2 aliphatic rings. The van der Waals surface area contributed by atoms with Crippen LogP contribution in [0, 0.1) is 17.8 Å². The molecule has 3 atom stereocenters. The first kappa shape index (κ1) is 16.3. The fraction of sp³-hybridized carbons (Fsp3) is 1.00. The van der Waals surface area contributed by atoms with E-state index in [1.54, 1.807) is 0 Å². The van der Waals surface area contributed by atoms with Gasteiger partial charge in [-0.05, 0) is 56.4 Å². The first-order chi connectivity index (χ1) is 9.52. The Morgan fingerprint density at radius 2 is 1.75 bits per heavy atom. The molecule has 0 aromatic heterocycles. The summed E-state index contributed by atoms with van der Waals surface area (Å²) in [5.41, 5.74) is 0. The molecule has 0 spiro atoms. The summed E-state index contributed by atoms with van der Waals surface area (Å²) in [6, 6.07) is 2.41. The van der Waals surface area contributed by atoms with Crippen LogP contribution in [0.5, 0.6) is 0 Å². The summed E-state index contributed by atoms with van der Waals surface area (Å²) in [5.74, 6) is 2.57. The van der Waals surface area contributed by atoms with Gasteiger partial charge in [-0.15, -0.1) is 0 Å².